The van der Waals surface area contributed by atoms with Gasteiger partial charge in [0.15, 0.2) is 0 Å². The van der Waals surface area contributed by atoms with Crippen molar-refractivity contribution in [3.05, 3.63) is 0 Å². The Balaban J connectivity index is 1.88. The Morgan fingerprint density at radius 1 is 1.12 bits per heavy atom. The lowest BCUT2D eigenvalue weighted by Gasteiger charge is -2.54. The van der Waals surface area contributed by atoms with Crippen LogP contribution in [0, 0.1) is 11.3 Å². The molecule has 2 saturated heterocycles. The van der Waals surface area contributed by atoms with Gasteiger partial charge in [0, 0.05) is 31.0 Å². The highest BCUT2D eigenvalue weighted by molar-refractivity contribution is 5.09. The Kier molecular flexibility index (Phi) is 2.96. The van der Waals surface area contributed by atoms with Crippen molar-refractivity contribution < 1.29 is 5.11 Å². The van der Waals surface area contributed by atoms with Crippen molar-refractivity contribution >= 4 is 0 Å². The van der Waals surface area contributed by atoms with Crippen molar-refractivity contribution in [2.24, 2.45) is 17.1 Å². The Hall–Kier alpha value is -0.120. The summed E-state index contributed by atoms with van der Waals surface area (Å²) in [5.74, 6) is 0.484. The van der Waals surface area contributed by atoms with Crippen molar-refractivity contribution in [2.75, 3.05) is 26.2 Å². The second-order valence-electron chi connectivity index (χ2n) is 6.51. The molecule has 3 atom stereocenters. The van der Waals surface area contributed by atoms with Crippen molar-refractivity contribution in [2.45, 2.75) is 50.5 Å². The average Bonchev–Trinajstić information content (AvgIpc) is 2.80. The minimum atomic E-state index is -0.463. The number of nitrogens with zero attached hydrogens (tertiary/aromatic N) is 1. The number of hydrogen-bond acceptors (Lipinski definition) is 3. The van der Waals surface area contributed by atoms with Crippen molar-refractivity contribution in [3.8, 4) is 0 Å². The first-order valence-corrected chi connectivity index (χ1v) is 7.35. The first-order valence-electron chi connectivity index (χ1n) is 7.35. The van der Waals surface area contributed by atoms with Gasteiger partial charge in [-0.3, -0.25) is 0 Å². The van der Waals surface area contributed by atoms with Crippen molar-refractivity contribution in [1.29, 1.82) is 0 Å². The van der Waals surface area contributed by atoms with Crippen LogP contribution in [-0.4, -0.2) is 41.8 Å². The number of aliphatic hydroxyl groups is 1. The molecule has 0 radical (unpaired) electrons. The average molecular weight is 238 g/mol. The zero-order chi connectivity index (χ0) is 11.9. The molecule has 3 unspecified atom stereocenters. The predicted molar refractivity (Wildman–Crippen MR) is 68.7 cm³/mol. The van der Waals surface area contributed by atoms with Crippen LogP contribution in [0.5, 0.6) is 0 Å². The van der Waals surface area contributed by atoms with Gasteiger partial charge in [-0.1, -0.05) is 19.3 Å². The molecule has 98 valence electrons. The van der Waals surface area contributed by atoms with E-state index in [0.29, 0.717) is 12.5 Å². The zero-order valence-corrected chi connectivity index (χ0v) is 10.8. The quantitative estimate of drug-likeness (QED) is 0.763. The molecular formula is C14H26N2O. The van der Waals surface area contributed by atoms with Crippen LogP contribution >= 0.6 is 0 Å². The third-order valence-electron chi connectivity index (χ3n) is 5.88. The zero-order valence-electron chi connectivity index (χ0n) is 10.8. The maximum atomic E-state index is 11.3. The van der Waals surface area contributed by atoms with E-state index in [0.717, 1.165) is 32.4 Å². The first-order chi connectivity index (χ1) is 8.20. The summed E-state index contributed by atoms with van der Waals surface area (Å²) in [5, 5.41) is 11.3. The molecule has 3 nitrogen and oxygen atoms in total. The van der Waals surface area contributed by atoms with E-state index in [1.807, 2.05) is 0 Å². The fourth-order valence-corrected chi connectivity index (χ4v) is 4.70. The molecule has 0 amide bonds. The van der Waals surface area contributed by atoms with E-state index in [1.54, 1.807) is 0 Å². The molecule has 3 rings (SSSR count). The third kappa shape index (κ3) is 1.66. The molecule has 3 N–H and O–H groups in total. The topological polar surface area (TPSA) is 49.5 Å². The minimum absolute atomic E-state index is 0.0341. The lowest BCUT2D eigenvalue weighted by Crippen LogP contribution is -2.61. The first kappa shape index (κ1) is 11.9. The molecule has 3 aliphatic rings. The number of nitrogens with two attached hydrogens (primary N) is 1. The molecule has 0 aromatic carbocycles. The van der Waals surface area contributed by atoms with Gasteiger partial charge in [-0.05, 0) is 32.2 Å². The van der Waals surface area contributed by atoms with E-state index in [-0.39, 0.29) is 5.41 Å². The minimum Gasteiger partial charge on any atom is -0.389 e. The summed E-state index contributed by atoms with van der Waals surface area (Å²) >= 11 is 0. The standard InChI is InChI=1S/C14H26N2O/c15-11-13(5-2-1-3-6-13)14(17)7-9-16-8-4-12(14)10-16/h12,17H,1-11,15H2. The van der Waals surface area contributed by atoms with Crippen LogP contribution in [0.4, 0.5) is 0 Å². The monoisotopic (exact) mass is 238 g/mol. The van der Waals surface area contributed by atoms with Gasteiger partial charge in [-0.2, -0.15) is 0 Å². The second kappa shape index (κ2) is 4.22. The molecule has 0 aromatic rings. The molecule has 0 aromatic heterocycles. The van der Waals surface area contributed by atoms with E-state index in [4.69, 9.17) is 5.73 Å². The van der Waals surface area contributed by atoms with Crippen LogP contribution in [0.2, 0.25) is 0 Å². The fourth-order valence-electron chi connectivity index (χ4n) is 4.70. The van der Waals surface area contributed by atoms with Gasteiger partial charge < -0.3 is 15.7 Å². The van der Waals surface area contributed by atoms with Gasteiger partial charge in [0.2, 0.25) is 0 Å². The lowest BCUT2D eigenvalue weighted by atomic mass is 9.57. The number of hydrogen-bond donors (Lipinski definition) is 2. The molecular weight excluding hydrogens is 212 g/mol. The van der Waals surface area contributed by atoms with Gasteiger partial charge in [0.25, 0.3) is 0 Å². The molecule has 1 aliphatic carbocycles. The van der Waals surface area contributed by atoms with Crippen LogP contribution in [-0.2, 0) is 0 Å². The van der Waals surface area contributed by atoms with E-state index in [2.05, 4.69) is 4.90 Å². The van der Waals surface area contributed by atoms with E-state index < -0.39 is 5.60 Å². The molecule has 17 heavy (non-hydrogen) atoms. The maximum absolute atomic E-state index is 11.3. The highest BCUT2D eigenvalue weighted by Crippen LogP contribution is 2.52. The lowest BCUT2D eigenvalue weighted by molar-refractivity contribution is -0.153. The van der Waals surface area contributed by atoms with Gasteiger partial charge >= 0.3 is 0 Å². The highest BCUT2D eigenvalue weighted by Gasteiger charge is 2.56. The Morgan fingerprint density at radius 3 is 2.59 bits per heavy atom. The fraction of sp³-hybridized carbons (Fsp3) is 1.00. The van der Waals surface area contributed by atoms with Crippen LogP contribution in [0.15, 0.2) is 0 Å². The van der Waals surface area contributed by atoms with E-state index in [1.165, 1.54) is 32.2 Å². The summed E-state index contributed by atoms with van der Waals surface area (Å²) in [6.45, 7) is 4.06. The largest absolute Gasteiger partial charge is 0.389 e. The molecule has 1 saturated carbocycles. The molecule has 3 fully saturated rings. The Labute approximate surface area is 104 Å². The summed E-state index contributed by atoms with van der Waals surface area (Å²) in [7, 11) is 0. The molecule has 2 bridgehead atoms. The van der Waals surface area contributed by atoms with Crippen molar-refractivity contribution in [1.82, 2.24) is 4.90 Å². The SMILES string of the molecule is NCC1(C2(O)CCN3CCC2C3)CCCCC1. The summed E-state index contributed by atoms with van der Waals surface area (Å²) in [6, 6.07) is 0. The Bertz CT molecular complexity index is 288. The maximum Gasteiger partial charge on any atom is 0.0768 e. The van der Waals surface area contributed by atoms with Crippen LogP contribution in [0.25, 0.3) is 0 Å². The summed E-state index contributed by atoms with van der Waals surface area (Å²) in [5.41, 5.74) is 5.68. The number of piperidine rings is 1. The van der Waals surface area contributed by atoms with Gasteiger partial charge in [-0.15, -0.1) is 0 Å². The summed E-state index contributed by atoms with van der Waals surface area (Å²) in [4.78, 5) is 2.51. The normalized spacial score (nSPS) is 44.8. The number of rotatable bonds is 2. The van der Waals surface area contributed by atoms with E-state index in [9.17, 15) is 5.11 Å². The van der Waals surface area contributed by atoms with Gasteiger partial charge in [0.05, 0.1) is 5.60 Å². The highest BCUT2D eigenvalue weighted by atomic mass is 16.3. The predicted octanol–water partition coefficient (Wildman–Crippen LogP) is 1.35. The molecule has 2 heterocycles. The molecule has 3 heteroatoms. The number of fused-ring (bicyclic) bond motifs is 2. The van der Waals surface area contributed by atoms with Gasteiger partial charge in [-0.25, -0.2) is 0 Å². The summed E-state index contributed by atoms with van der Waals surface area (Å²) < 4.78 is 0. The Morgan fingerprint density at radius 2 is 1.88 bits per heavy atom. The molecule has 2 aliphatic heterocycles. The second-order valence-corrected chi connectivity index (χ2v) is 6.51. The smallest absolute Gasteiger partial charge is 0.0768 e. The van der Waals surface area contributed by atoms with Crippen molar-refractivity contribution in [3.63, 3.8) is 0 Å². The van der Waals surface area contributed by atoms with Crippen LogP contribution in [0.3, 0.4) is 0 Å². The summed E-state index contributed by atoms with van der Waals surface area (Å²) in [6.07, 6.45) is 8.28. The van der Waals surface area contributed by atoms with Crippen LogP contribution < -0.4 is 5.73 Å². The third-order valence-corrected chi connectivity index (χ3v) is 5.88. The van der Waals surface area contributed by atoms with E-state index >= 15 is 0 Å². The molecule has 0 spiro atoms. The van der Waals surface area contributed by atoms with Crippen LogP contribution in [0.1, 0.15) is 44.9 Å². The van der Waals surface area contributed by atoms with Gasteiger partial charge in [0.1, 0.15) is 0 Å².